The SMILES string of the molecule is CCCC(=O)O[Si](C)(C)C(Cl)Cl. The average Bonchev–Trinajstić information content (AvgIpc) is 1.85. The molecule has 0 aliphatic rings. The monoisotopic (exact) mass is 228 g/mol. The fraction of sp³-hybridized carbons (Fsp3) is 0.857. The summed E-state index contributed by atoms with van der Waals surface area (Å²) in [5.74, 6) is -0.194. The number of rotatable bonds is 4. The molecule has 0 aromatic carbocycles. The van der Waals surface area contributed by atoms with Crippen molar-refractivity contribution in [3.05, 3.63) is 0 Å². The zero-order valence-electron chi connectivity index (χ0n) is 7.56. The van der Waals surface area contributed by atoms with Crippen molar-refractivity contribution < 1.29 is 9.22 Å². The second kappa shape index (κ2) is 5.10. The van der Waals surface area contributed by atoms with Gasteiger partial charge in [0.2, 0.25) is 0 Å². The maximum atomic E-state index is 11.1. The number of hydrogen-bond acceptors (Lipinski definition) is 2. The maximum Gasteiger partial charge on any atom is 0.292 e. The minimum absolute atomic E-state index is 0.194. The summed E-state index contributed by atoms with van der Waals surface area (Å²) in [5.41, 5.74) is 0. The summed E-state index contributed by atoms with van der Waals surface area (Å²) in [6, 6.07) is 0. The van der Waals surface area contributed by atoms with Gasteiger partial charge >= 0.3 is 0 Å². The van der Waals surface area contributed by atoms with Gasteiger partial charge in [-0.25, -0.2) is 0 Å². The van der Waals surface area contributed by atoms with Crippen molar-refractivity contribution in [3.8, 4) is 0 Å². The molecule has 0 aliphatic heterocycles. The molecule has 0 aromatic rings. The molecule has 2 nitrogen and oxygen atoms in total. The number of halogens is 2. The Kier molecular flexibility index (Phi) is 5.21. The summed E-state index contributed by atoms with van der Waals surface area (Å²) >= 11 is 11.3. The van der Waals surface area contributed by atoms with Crippen LogP contribution in [0.1, 0.15) is 19.8 Å². The molecule has 0 aliphatic carbocycles. The van der Waals surface area contributed by atoms with Gasteiger partial charge in [0.25, 0.3) is 14.3 Å². The molecule has 5 heteroatoms. The lowest BCUT2D eigenvalue weighted by atomic mass is 10.4. The third-order valence-corrected chi connectivity index (χ3v) is 6.31. The van der Waals surface area contributed by atoms with Crippen molar-refractivity contribution in [2.45, 2.75) is 37.3 Å². The summed E-state index contributed by atoms with van der Waals surface area (Å²) in [6.07, 6.45) is 1.23. The molecule has 0 N–H and O–H groups in total. The highest BCUT2D eigenvalue weighted by Gasteiger charge is 2.34. The quantitative estimate of drug-likeness (QED) is 0.547. The molecule has 0 atom stereocenters. The van der Waals surface area contributed by atoms with Crippen LogP contribution in [0, 0.1) is 0 Å². The molecule has 0 radical (unpaired) electrons. The highest BCUT2D eigenvalue weighted by atomic mass is 35.5. The van der Waals surface area contributed by atoms with Gasteiger partial charge in [-0.15, -0.1) is 23.2 Å². The highest BCUT2D eigenvalue weighted by molar-refractivity contribution is 6.88. The minimum Gasteiger partial charge on any atom is -0.517 e. The second-order valence-corrected chi connectivity index (χ2v) is 8.94. The topological polar surface area (TPSA) is 26.3 Å². The first-order valence-corrected chi connectivity index (χ1v) is 7.76. The first-order chi connectivity index (χ1) is 5.40. The van der Waals surface area contributed by atoms with E-state index in [1.165, 1.54) is 0 Å². The largest absolute Gasteiger partial charge is 0.517 e. The molecule has 0 unspecified atom stereocenters. The van der Waals surface area contributed by atoms with Gasteiger partial charge in [-0.1, -0.05) is 6.92 Å². The Morgan fingerprint density at radius 3 is 2.33 bits per heavy atom. The van der Waals surface area contributed by atoms with Gasteiger partial charge in [-0.2, -0.15) is 0 Å². The molecule has 0 bridgehead atoms. The molecule has 0 spiro atoms. The van der Waals surface area contributed by atoms with E-state index in [0.717, 1.165) is 6.42 Å². The van der Waals surface area contributed by atoms with E-state index in [0.29, 0.717) is 6.42 Å². The molecule has 12 heavy (non-hydrogen) atoms. The Morgan fingerprint density at radius 1 is 1.50 bits per heavy atom. The maximum absolute atomic E-state index is 11.1. The Balaban J connectivity index is 3.97. The van der Waals surface area contributed by atoms with Crippen LogP contribution >= 0.6 is 23.2 Å². The van der Waals surface area contributed by atoms with Gasteiger partial charge < -0.3 is 4.43 Å². The van der Waals surface area contributed by atoms with Gasteiger partial charge in [0.1, 0.15) is 4.46 Å². The molecule has 0 fully saturated rings. The van der Waals surface area contributed by atoms with Crippen molar-refractivity contribution in [3.63, 3.8) is 0 Å². The predicted octanol–water partition coefficient (Wildman–Crippen LogP) is 2.88. The van der Waals surface area contributed by atoms with Crippen molar-refractivity contribution in [1.82, 2.24) is 0 Å². The Bertz CT molecular complexity index is 159. The van der Waals surface area contributed by atoms with Crippen LogP contribution in [0.4, 0.5) is 0 Å². The van der Waals surface area contributed by atoms with Crippen molar-refractivity contribution in [2.75, 3.05) is 0 Å². The van der Waals surface area contributed by atoms with Crippen LogP contribution in [-0.2, 0) is 9.22 Å². The van der Waals surface area contributed by atoms with Gasteiger partial charge in [-0.05, 0) is 19.5 Å². The average molecular weight is 229 g/mol. The second-order valence-electron chi connectivity index (χ2n) is 3.13. The van der Waals surface area contributed by atoms with E-state index in [-0.39, 0.29) is 5.97 Å². The first-order valence-electron chi connectivity index (χ1n) is 3.90. The van der Waals surface area contributed by atoms with Crippen LogP contribution in [0.5, 0.6) is 0 Å². The fourth-order valence-electron chi connectivity index (χ4n) is 0.593. The van der Waals surface area contributed by atoms with Gasteiger partial charge in [0.05, 0.1) is 0 Å². The molecular formula is C7H14Cl2O2Si. The summed E-state index contributed by atoms with van der Waals surface area (Å²) < 4.78 is 4.62. The summed E-state index contributed by atoms with van der Waals surface area (Å²) in [5, 5.41) is 0. The lowest BCUT2D eigenvalue weighted by Crippen LogP contribution is -2.40. The molecule has 0 amide bonds. The van der Waals surface area contributed by atoms with Crippen molar-refractivity contribution >= 4 is 37.5 Å². The number of carbonyl (C=O) groups excluding carboxylic acids is 1. The lowest BCUT2D eigenvalue weighted by Gasteiger charge is -2.23. The number of carbonyl (C=O) groups is 1. The molecule has 0 saturated carbocycles. The summed E-state index contributed by atoms with van der Waals surface area (Å²) in [7, 11) is -2.20. The highest BCUT2D eigenvalue weighted by Crippen LogP contribution is 2.20. The van der Waals surface area contributed by atoms with Crippen LogP contribution in [0.25, 0.3) is 0 Å². The third kappa shape index (κ3) is 4.33. The van der Waals surface area contributed by atoms with Crippen LogP contribution in [-0.4, -0.2) is 18.7 Å². The predicted molar refractivity (Wildman–Crippen MR) is 54.0 cm³/mol. The van der Waals surface area contributed by atoms with Crippen molar-refractivity contribution in [2.24, 2.45) is 0 Å². The Labute approximate surface area is 84.3 Å². The van der Waals surface area contributed by atoms with Gasteiger partial charge in [-0.3, -0.25) is 4.79 Å². The fourth-order valence-corrected chi connectivity index (χ4v) is 1.64. The summed E-state index contributed by atoms with van der Waals surface area (Å²) in [4.78, 5) is 11.1. The van der Waals surface area contributed by atoms with Crippen LogP contribution in [0.2, 0.25) is 13.1 Å². The standard InChI is InChI=1S/C7H14Cl2O2Si/c1-4-5-6(10)11-12(2,3)7(8)9/h7H,4-5H2,1-3H3. The van der Waals surface area contributed by atoms with E-state index < -0.39 is 12.8 Å². The first kappa shape index (κ1) is 12.3. The van der Waals surface area contributed by atoms with Crippen LogP contribution in [0.3, 0.4) is 0 Å². The zero-order chi connectivity index (χ0) is 9.78. The molecule has 0 rings (SSSR count). The normalized spacial score (nSPS) is 11.8. The van der Waals surface area contributed by atoms with Gasteiger partial charge in [0.15, 0.2) is 0 Å². The van der Waals surface area contributed by atoms with Gasteiger partial charge in [0, 0.05) is 6.42 Å². The number of hydrogen-bond donors (Lipinski definition) is 0. The van der Waals surface area contributed by atoms with Crippen molar-refractivity contribution in [1.29, 1.82) is 0 Å². The smallest absolute Gasteiger partial charge is 0.292 e. The molecule has 0 heterocycles. The Morgan fingerprint density at radius 2 is 2.00 bits per heavy atom. The molecule has 0 aromatic heterocycles. The molecule has 72 valence electrons. The minimum atomic E-state index is -2.20. The Hall–Kier alpha value is 0.267. The zero-order valence-corrected chi connectivity index (χ0v) is 10.1. The lowest BCUT2D eigenvalue weighted by molar-refractivity contribution is -0.135. The number of alkyl halides is 2. The van der Waals surface area contributed by atoms with E-state index in [2.05, 4.69) is 0 Å². The van der Waals surface area contributed by atoms with Crippen LogP contribution in [0.15, 0.2) is 0 Å². The van der Waals surface area contributed by atoms with E-state index in [4.69, 9.17) is 27.6 Å². The van der Waals surface area contributed by atoms with E-state index in [9.17, 15) is 4.79 Å². The van der Waals surface area contributed by atoms with E-state index in [1.807, 2.05) is 20.0 Å². The molecular weight excluding hydrogens is 215 g/mol. The molecule has 0 saturated heterocycles. The van der Waals surface area contributed by atoms with Crippen LogP contribution < -0.4 is 0 Å². The van der Waals surface area contributed by atoms with E-state index >= 15 is 0 Å². The van der Waals surface area contributed by atoms with E-state index in [1.54, 1.807) is 0 Å². The summed E-state index contributed by atoms with van der Waals surface area (Å²) in [6.45, 7) is 5.57. The third-order valence-electron chi connectivity index (χ3n) is 1.36.